The molecule has 1 aromatic carbocycles. The van der Waals surface area contributed by atoms with Crippen LogP contribution in [0.25, 0.3) is 33.2 Å². The van der Waals surface area contributed by atoms with E-state index in [1.54, 1.807) is 37.5 Å². The Morgan fingerprint density at radius 1 is 1.18 bits per heavy atom. The summed E-state index contributed by atoms with van der Waals surface area (Å²) in [5.74, 6) is -0.0210. The van der Waals surface area contributed by atoms with Crippen LogP contribution in [0.2, 0.25) is 5.02 Å². The largest absolute Gasteiger partial charge is 0.383 e. The van der Waals surface area contributed by atoms with Gasteiger partial charge in [-0.15, -0.1) is 0 Å². The molecule has 0 bridgehead atoms. The Morgan fingerprint density at radius 3 is 2.79 bits per heavy atom. The lowest BCUT2D eigenvalue weighted by Gasteiger charge is -2.16. The minimum Gasteiger partial charge on any atom is -0.383 e. The Bertz CT molecular complexity index is 1400. The molecule has 174 valence electrons. The number of amides is 1. The Labute approximate surface area is 200 Å². The van der Waals surface area contributed by atoms with E-state index in [9.17, 15) is 9.18 Å². The van der Waals surface area contributed by atoms with Gasteiger partial charge in [0.05, 0.1) is 24.0 Å². The molecule has 2 atom stereocenters. The average molecular weight is 480 g/mol. The number of nitrogens with one attached hydrogen (secondary N) is 1. The van der Waals surface area contributed by atoms with Gasteiger partial charge in [0.1, 0.15) is 11.6 Å². The third-order valence-corrected chi connectivity index (χ3v) is 6.47. The van der Waals surface area contributed by atoms with Crippen LogP contribution in [0.15, 0.2) is 49.1 Å². The SMILES string of the molecule is CN(C)C(=O)C1C[C@H](n2cc(-c3cnc(N)c(-c4cc5c(Cl)ccc(F)c5cn4)c3)cn2)CN1. The molecular formula is C24H23ClFN7O. The first kappa shape index (κ1) is 22.2. The number of nitrogens with two attached hydrogens (primary N) is 1. The Kier molecular flexibility index (Phi) is 5.66. The van der Waals surface area contributed by atoms with Gasteiger partial charge in [-0.3, -0.25) is 14.5 Å². The Balaban J connectivity index is 1.44. The highest BCUT2D eigenvalue weighted by molar-refractivity contribution is 6.35. The van der Waals surface area contributed by atoms with Gasteiger partial charge < -0.3 is 16.0 Å². The van der Waals surface area contributed by atoms with E-state index < -0.39 is 0 Å². The zero-order chi connectivity index (χ0) is 24.0. The molecule has 1 saturated heterocycles. The lowest BCUT2D eigenvalue weighted by molar-refractivity contribution is -0.130. The topological polar surface area (TPSA) is 102 Å². The van der Waals surface area contributed by atoms with Gasteiger partial charge in [0.25, 0.3) is 0 Å². The van der Waals surface area contributed by atoms with Gasteiger partial charge >= 0.3 is 0 Å². The number of likely N-dealkylation sites (N-methyl/N-ethyl adjacent to an activating group) is 1. The van der Waals surface area contributed by atoms with Crippen LogP contribution in [0.5, 0.6) is 0 Å². The summed E-state index contributed by atoms with van der Waals surface area (Å²) >= 11 is 6.29. The molecule has 3 N–H and O–H groups in total. The highest BCUT2D eigenvalue weighted by Crippen LogP contribution is 2.33. The fourth-order valence-corrected chi connectivity index (χ4v) is 4.48. The summed E-state index contributed by atoms with van der Waals surface area (Å²) in [6, 6.07) is 6.29. The third kappa shape index (κ3) is 3.97. The van der Waals surface area contributed by atoms with Crippen molar-refractivity contribution >= 4 is 34.1 Å². The van der Waals surface area contributed by atoms with Crippen molar-refractivity contribution in [3.05, 3.63) is 59.9 Å². The molecule has 4 aromatic rings. The van der Waals surface area contributed by atoms with Crippen LogP contribution in [0.3, 0.4) is 0 Å². The zero-order valence-electron chi connectivity index (χ0n) is 18.7. The van der Waals surface area contributed by atoms with E-state index in [1.165, 1.54) is 18.3 Å². The number of nitrogen functional groups attached to an aromatic ring is 1. The van der Waals surface area contributed by atoms with E-state index in [1.807, 2.05) is 16.9 Å². The summed E-state index contributed by atoms with van der Waals surface area (Å²) in [6.07, 6.45) is 7.50. The predicted octanol–water partition coefficient (Wildman–Crippen LogP) is 3.53. The molecule has 34 heavy (non-hydrogen) atoms. The molecule has 10 heteroatoms. The van der Waals surface area contributed by atoms with Crippen LogP contribution in [-0.4, -0.2) is 57.2 Å². The molecule has 4 heterocycles. The molecule has 1 fully saturated rings. The van der Waals surface area contributed by atoms with Crippen molar-refractivity contribution in [2.75, 3.05) is 26.4 Å². The van der Waals surface area contributed by atoms with Crippen molar-refractivity contribution in [1.82, 2.24) is 30.0 Å². The van der Waals surface area contributed by atoms with Gasteiger partial charge in [-0.2, -0.15) is 5.10 Å². The summed E-state index contributed by atoms with van der Waals surface area (Å²) in [7, 11) is 3.51. The second kappa shape index (κ2) is 8.66. The molecule has 8 nitrogen and oxygen atoms in total. The van der Waals surface area contributed by atoms with Gasteiger partial charge in [-0.1, -0.05) is 11.6 Å². The number of anilines is 1. The molecule has 1 aliphatic heterocycles. The Hall–Kier alpha value is -3.56. The number of hydrogen-bond donors (Lipinski definition) is 2. The van der Waals surface area contributed by atoms with Crippen LogP contribution in [-0.2, 0) is 4.79 Å². The first-order chi connectivity index (χ1) is 16.3. The Morgan fingerprint density at radius 2 is 2.00 bits per heavy atom. The molecule has 0 spiro atoms. The minimum absolute atomic E-state index is 0.0603. The van der Waals surface area contributed by atoms with Crippen LogP contribution in [0.1, 0.15) is 12.5 Å². The number of nitrogens with zero attached hydrogens (tertiary/aromatic N) is 5. The fourth-order valence-electron chi connectivity index (χ4n) is 4.26. The molecule has 1 amide bonds. The molecule has 0 saturated carbocycles. The van der Waals surface area contributed by atoms with Crippen molar-refractivity contribution < 1.29 is 9.18 Å². The van der Waals surface area contributed by atoms with E-state index in [0.29, 0.717) is 45.8 Å². The van der Waals surface area contributed by atoms with Crippen LogP contribution < -0.4 is 11.1 Å². The number of hydrogen-bond acceptors (Lipinski definition) is 6. The van der Waals surface area contributed by atoms with Crippen molar-refractivity contribution in [2.45, 2.75) is 18.5 Å². The molecule has 1 aliphatic rings. The van der Waals surface area contributed by atoms with Gasteiger partial charge in [0, 0.05) is 71.7 Å². The van der Waals surface area contributed by atoms with E-state index >= 15 is 0 Å². The maximum Gasteiger partial charge on any atom is 0.239 e. The summed E-state index contributed by atoms with van der Waals surface area (Å²) < 4.78 is 16.0. The molecule has 5 rings (SSSR count). The molecule has 0 radical (unpaired) electrons. The second-order valence-electron chi connectivity index (χ2n) is 8.59. The number of carbonyl (C=O) groups excluding carboxylic acids is 1. The molecule has 3 aromatic heterocycles. The number of rotatable bonds is 4. The third-order valence-electron chi connectivity index (χ3n) is 6.14. The van der Waals surface area contributed by atoms with Gasteiger partial charge in [0.15, 0.2) is 0 Å². The van der Waals surface area contributed by atoms with Crippen molar-refractivity contribution in [2.24, 2.45) is 0 Å². The van der Waals surface area contributed by atoms with E-state index in [2.05, 4.69) is 20.4 Å². The fraction of sp³-hybridized carbons (Fsp3) is 0.250. The van der Waals surface area contributed by atoms with E-state index in [0.717, 1.165) is 11.1 Å². The highest BCUT2D eigenvalue weighted by Gasteiger charge is 2.31. The summed E-state index contributed by atoms with van der Waals surface area (Å²) in [6.45, 7) is 0.662. The lowest BCUT2D eigenvalue weighted by Crippen LogP contribution is -2.39. The summed E-state index contributed by atoms with van der Waals surface area (Å²) in [5.41, 5.74) is 9.00. The number of aromatic nitrogens is 4. The van der Waals surface area contributed by atoms with Crippen LogP contribution in [0, 0.1) is 5.82 Å². The van der Waals surface area contributed by atoms with Crippen molar-refractivity contribution in [3.8, 4) is 22.4 Å². The predicted molar refractivity (Wildman–Crippen MR) is 130 cm³/mol. The first-order valence-electron chi connectivity index (χ1n) is 10.8. The number of pyridine rings is 2. The standard InChI is InChI=1S/C24H23ClFN7O/c1-32(2)24(34)22-6-15(10-28-22)33-12-14(9-31-33)13-5-17(23(27)30-8-13)21-7-16-18(11-29-21)20(26)4-3-19(16)25/h3-5,7-9,11-12,15,22,28H,6,10H2,1-2H3,(H2,27,30)/t15-,22?/m0/s1. The number of benzene rings is 1. The van der Waals surface area contributed by atoms with Crippen LogP contribution >= 0.6 is 11.6 Å². The number of carbonyl (C=O) groups is 1. The normalized spacial score (nSPS) is 17.9. The molecule has 0 aliphatic carbocycles. The maximum atomic E-state index is 14.1. The summed E-state index contributed by atoms with van der Waals surface area (Å²) in [4.78, 5) is 22.6. The smallest absolute Gasteiger partial charge is 0.239 e. The van der Waals surface area contributed by atoms with E-state index in [4.69, 9.17) is 17.3 Å². The molecular weight excluding hydrogens is 457 g/mol. The van der Waals surface area contributed by atoms with Crippen LogP contribution in [0.4, 0.5) is 10.2 Å². The van der Waals surface area contributed by atoms with Gasteiger partial charge in [0.2, 0.25) is 5.91 Å². The maximum absolute atomic E-state index is 14.1. The quantitative estimate of drug-likeness (QED) is 0.464. The average Bonchev–Trinajstić information content (AvgIpc) is 3.51. The summed E-state index contributed by atoms with van der Waals surface area (Å²) in [5, 5.41) is 9.12. The first-order valence-corrected chi connectivity index (χ1v) is 11.2. The lowest BCUT2D eigenvalue weighted by atomic mass is 10.0. The van der Waals surface area contributed by atoms with Crippen molar-refractivity contribution in [3.63, 3.8) is 0 Å². The van der Waals surface area contributed by atoms with Gasteiger partial charge in [-0.05, 0) is 30.7 Å². The monoisotopic (exact) mass is 479 g/mol. The number of halogens is 2. The number of fused-ring (bicyclic) bond motifs is 1. The highest BCUT2D eigenvalue weighted by atomic mass is 35.5. The van der Waals surface area contributed by atoms with Gasteiger partial charge in [-0.25, -0.2) is 9.37 Å². The van der Waals surface area contributed by atoms with E-state index in [-0.39, 0.29) is 23.8 Å². The van der Waals surface area contributed by atoms with Crippen molar-refractivity contribution in [1.29, 1.82) is 0 Å². The molecule has 1 unspecified atom stereocenters. The zero-order valence-corrected chi connectivity index (χ0v) is 19.4. The second-order valence-corrected chi connectivity index (χ2v) is 9.00. The minimum atomic E-state index is -0.387.